The predicted octanol–water partition coefficient (Wildman–Crippen LogP) is 0.231. The molecule has 0 saturated carbocycles. The standard InChI is InChI=1S/C11H16FNO5S2/c1-8(7-14)13(2)20(17,18)11-6-9(19(3,15)16)4-5-10(11)12/h4-6,8,14H,7H2,1-3H3. The molecule has 1 aromatic carbocycles. The molecule has 20 heavy (non-hydrogen) atoms. The van der Waals surface area contributed by atoms with E-state index in [9.17, 15) is 21.2 Å². The highest BCUT2D eigenvalue weighted by atomic mass is 32.2. The minimum Gasteiger partial charge on any atom is -0.395 e. The van der Waals surface area contributed by atoms with Crippen molar-refractivity contribution in [1.82, 2.24) is 4.31 Å². The number of hydrogen-bond donors (Lipinski definition) is 1. The van der Waals surface area contributed by atoms with Gasteiger partial charge in [-0.2, -0.15) is 4.31 Å². The van der Waals surface area contributed by atoms with Crippen LogP contribution in [0.2, 0.25) is 0 Å². The topological polar surface area (TPSA) is 91.8 Å². The van der Waals surface area contributed by atoms with E-state index in [1.807, 2.05) is 0 Å². The molecule has 6 nitrogen and oxygen atoms in total. The molecule has 1 N–H and O–H groups in total. The molecular formula is C11H16FNO5S2. The fourth-order valence-electron chi connectivity index (χ4n) is 1.42. The summed E-state index contributed by atoms with van der Waals surface area (Å²) in [5, 5.41) is 8.97. The van der Waals surface area contributed by atoms with Crippen LogP contribution in [0.4, 0.5) is 4.39 Å². The van der Waals surface area contributed by atoms with Crippen LogP contribution in [0.3, 0.4) is 0 Å². The maximum Gasteiger partial charge on any atom is 0.246 e. The van der Waals surface area contributed by atoms with E-state index >= 15 is 0 Å². The van der Waals surface area contributed by atoms with Gasteiger partial charge in [0.1, 0.15) is 10.7 Å². The molecule has 0 aliphatic carbocycles. The van der Waals surface area contributed by atoms with E-state index in [0.717, 1.165) is 28.8 Å². The molecule has 0 aliphatic rings. The molecule has 114 valence electrons. The molecule has 0 amide bonds. The zero-order valence-electron chi connectivity index (χ0n) is 11.2. The zero-order chi connectivity index (χ0) is 15.7. The SMILES string of the molecule is CC(CO)N(C)S(=O)(=O)c1cc(S(C)(=O)=O)ccc1F. The van der Waals surface area contributed by atoms with Gasteiger partial charge in [-0.25, -0.2) is 21.2 Å². The number of aliphatic hydroxyl groups is 1. The van der Waals surface area contributed by atoms with Crippen molar-refractivity contribution in [3.63, 3.8) is 0 Å². The minimum absolute atomic E-state index is 0.289. The molecule has 1 atom stereocenters. The van der Waals surface area contributed by atoms with E-state index in [0.29, 0.717) is 0 Å². The summed E-state index contributed by atoms with van der Waals surface area (Å²) in [6, 6.07) is 1.81. The molecule has 0 fully saturated rings. The normalized spacial score (nSPS) is 14.5. The van der Waals surface area contributed by atoms with Gasteiger partial charge in [0.05, 0.1) is 11.5 Å². The Morgan fingerprint density at radius 1 is 1.30 bits per heavy atom. The highest BCUT2D eigenvalue weighted by molar-refractivity contribution is 7.91. The molecule has 1 aromatic rings. The molecule has 1 unspecified atom stereocenters. The van der Waals surface area contributed by atoms with E-state index in [1.165, 1.54) is 14.0 Å². The van der Waals surface area contributed by atoms with Crippen molar-refractivity contribution in [3.8, 4) is 0 Å². The van der Waals surface area contributed by atoms with Crippen molar-refractivity contribution in [2.45, 2.75) is 22.8 Å². The monoisotopic (exact) mass is 325 g/mol. The van der Waals surface area contributed by atoms with Gasteiger partial charge in [0.25, 0.3) is 0 Å². The fraction of sp³-hybridized carbons (Fsp3) is 0.455. The Bertz CT molecular complexity index is 700. The molecule has 0 heterocycles. The van der Waals surface area contributed by atoms with E-state index in [1.54, 1.807) is 0 Å². The summed E-state index contributed by atoms with van der Waals surface area (Å²) >= 11 is 0. The van der Waals surface area contributed by atoms with Gasteiger partial charge in [-0.3, -0.25) is 0 Å². The second kappa shape index (κ2) is 5.76. The number of sulfonamides is 1. The Balaban J connectivity index is 3.46. The molecular weight excluding hydrogens is 309 g/mol. The summed E-state index contributed by atoms with van der Waals surface area (Å²) in [4.78, 5) is -1.02. The molecule has 0 aromatic heterocycles. The Morgan fingerprint density at radius 2 is 1.85 bits per heavy atom. The van der Waals surface area contributed by atoms with Crippen molar-refractivity contribution in [2.75, 3.05) is 19.9 Å². The molecule has 0 bridgehead atoms. The summed E-state index contributed by atoms with van der Waals surface area (Å²) in [7, 11) is -6.70. The first-order chi connectivity index (χ1) is 9.01. The fourth-order valence-corrected chi connectivity index (χ4v) is 3.58. The van der Waals surface area contributed by atoms with Crippen molar-refractivity contribution in [3.05, 3.63) is 24.0 Å². The number of halogens is 1. The number of likely N-dealkylation sites (N-methyl/N-ethyl adjacent to an activating group) is 1. The number of benzene rings is 1. The van der Waals surface area contributed by atoms with Crippen LogP contribution < -0.4 is 0 Å². The van der Waals surface area contributed by atoms with Crippen LogP contribution in [-0.2, 0) is 19.9 Å². The van der Waals surface area contributed by atoms with E-state index in [4.69, 9.17) is 5.11 Å². The van der Waals surface area contributed by atoms with Crippen LogP contribution in [0.5, 0.6) is 0 Å². The van der Waals surface area contributed by atoms with E-state index in [-0.39, 0.29) is 4.90 Å². The third-order valence-corrected chi connectivity index (χ3v) is 5.97. The Hall–Kier alpha value is -1.03. The van der Waals surface area contributed by atoms with Gasteiger partial charge in [0.2, 0.25) is 10.0 Å². The molecule has 0 saturated heterocycles. The second-order valence-electron chi connectivity index (χ2n) is 4.42. The average Bonchev–Trinajstić information content (AvgIpc) is 2.35. The lowest BCUT2D eigenvalue weighted by molar-refractivity contribution is 0.213. The third-order valence-electron chi connectivity index (χ3n) is 2.87. The maximum atomic E-state index is 13.7. The summed E-state index contributed by atoms with van der Waals surface area (Å²) in [5.74, 6) is -1.05. The van der Waals surface area contributed by atoms with Crippen LogP contribution in [-0.4, -0.2) is 52.2 Å². The van der Waals surface area contributed by atoms with Crippen molar-refractivity contribution >= 4 is 19.9 Å². The first kappa shape index (κ1) is 17.0. The predicted molar refractivity (Wildman–Crippen MR) is 71.0 cm³/mol. The van der Waals surface area contributed by atoms with Crippen LogP contribution in [0, 0.1) is 5.82 Å². The van der Waals surface area contributed by atoms with Crippen LogP contribution in [0.15, 0.2) is 28.0 Å². The quantitative estimate of drug-likeness (QED) is 0.783. The third kappa shape index (κ3) is 3.35. The maximum absolute atomic E-state index is 13.7. The number of nitrogens with zero attached hydrogens (tertiary/aromatic N) is 1. The van der Waals surface area contributed by atoms with Crippen LogP contribution >= 0.6 is 0 Å². The summed E-state index contributed by atoms with van der Waals surface area (Å²) in [6.07, 6.45) is 0.900. The summed E-state index contributed by atoms with van der Waals surface area (Å²) in [5.41, 5.74) is 0. The number of rotatable bonds is 5. The van der Waals surface area contributed by atoms with Crippen molar-refractivity contribution in [1.29, 1.82) is 0 Å². The lowest BCUT2D eigenvalue weighted by atomic mass is 10.3. The molecule has 9 heteroatoms. The second-order valence-corrected chi connectivity index (χ2v) is 8.40. The van der Waals surface area contributed by atoms with Gasteiger partial charge in [-0.1, -0.05) is 0 Å². The van der Waals surface area contributed by atoms with E-state index in [2.05, 4.69) is 0 Å². The zero-order valence-corrected chi connectivity index (χ0v) is 12.9. The molecule has 0 radical (unpaired) electrons. The minimum atomic E-state index is -4.23. The summed E-state index contributed by atoms with van der Waals surface area (Å²) < 4.78 is 61.8. The van der Waals surface area contributed by atoms with E-state index < -0.39 is 43.2 Å². The highest BCUT2D eigenvalue weighted by Crippen LogP contribution is 2.23. The van der Waals surface area contributed by atoms with Crippen molar-refractivity contribution in [2.24, 2.45) is 0 Å². The van der Waals surface area contributed by atoms with Crippen LogP contribution in [0.25, 0.3) is 0 Å². The summed E-state index contributed by atoms with van der Waals surface area (Å²) in [6.45, 7) is 0.999. The number of hydrogen-bond acceptors (Lipinski definition) is 5. The van der Waals surface area contributed by atoms with Gasteiger partial charge in [-0.05, 0) is 25.1 Å². The molecule has 1 rings (SSSR count). The van der Waals surface area contributed by atoms with Gasteiger partial charge in [0.15, 0.2) is 9.84 Å². The van der Waals surface area contributed by atoms with Gasteiger partial charge in [-0.15, -0.1) is 0 Å². The first-order valence-electron chi connectivity index (χ1n) is 5.60. The van der Waals surface area contributed by atoms with Gasteiger partial charge >= 0.3 is 0 Å². The molecule has 0 spiro atoms. The smallest absolute Gasteiger partial charge is 0.246 e. The van der Waals surface area contributed by atoms with Crippen LogP contribution in [0.1, 0.15) is 6.92 Å². The Morgan fingerprint density at radius 3 is 2.30 bits per heavy atom. The molecule has 0 aliphatic heterocycles. The number of sulfone groups is 1. The van der Waals surface area contributed by atoms with Gasteiger partial charge in [0, 0.05) is 19.3 Å². The Labute approximate surface area is 117 Å². The van der Waals surface area contributed by atoms with Gasteiger partial charge < -0.3 is 5.11 Å². The first-order valence-corrected chi connectivity index (χ1v) is 8.93. The van der Waals surface area contributed by atoms with Crippen molar-refractivity contribution < 1.29 is 26.3 Å². The number of aliphatic hydroxyl groups excluding tert-OH is 1. The average molecular weight is 325 g/mol. The highest BCUT2D eigenvalue weighted by Gasteiger charge is 2.29. The largest absolute Gasteiger partial charge is 0.395 e. The lowest BCUT2D eigenvalue weighted by Crippen LogP contribution is -2.37. The lowest BCUT2D eigenvalue weighted by Gasteiger charge is -2.23. The Kier molecular flexibility index (Phi) is 4.90.